The van der Waals surface area contributed by atoms with Crippen LogP contribution in [0.4, 0.5) is 0 Å². The third kappa shape index (κ3) is 2.49. The van der Waals surface area contributed by atoms with Gasteiger partial charge in [0.25, 0.3) is 0 Å². The Morgan fingerprint density at radius 3 is 2.68 bits per heavy atom. The molecule has 2 fully saturated rings. The van der Waals surface area contributed by atoms with Gasteiger partial charge in [-0.05, 0) is 25.3 Å². The molecule has 0 radical (unpaired) electrons. The van der Waals surface area contributed by atoms with Crippen LogP contribution in [-0.2, 0) is 16.1 Å². The molecule has 4 atom stereocenters. The van der Waals surface area contributed by atoms with Crippen LogP contribution in [0, 0.1) is 5.92 Å². The van der Waals surface area contributed by atoms with E-state index in [1.54, 1.807) is 7.11 Å². The average molecular weight is 369 g/mol. The van der Waals surface area contributed by atoms with Gasteiger partial charge in [-0.1, -0.05) is 48.0 Å². The number of halogens is 1. The summed E-state index contributed by atoms with van der Waals surface area (Å²) < 4.78 is 18.1. The summed E-state index contributed by atoms with van der Waals surface area (Å²) in [6.45, 7) is 7.23. The molecule has 2 aliphatic rings. The quantitative estimate of drug-likeness (QED) is 0.724. The van der Waals surface area contributed by atoms with E-state index in [-0.39, 0.29) is 17.3 Å². The van der Waals surface area contributed by atoms with Crippen LogP contribution in [0.3, 0.4) is 0 Å². The summed E-state index contributed by atoms with van der Waals surface area (Å²) in [5.74, 6) is 1.35. The van der Waals surface area contributed by atoms with E-state index in [0.717, 1.165) is 24.2 Å². The Kier molecular flexibility index (Phi) is 4.30. The summed E-state index contributed by atoms with van der Waals surface area (Å²) in [6, 6.07) is 8.03. The summed E-state index contributed by atoms with van der Waals surface area (Å²) in [5.41, 5.74) is 0.797. The lowest BCUT2D eigenvalue weighted by molar-refractivity contribution is -0.0956. The molecule has 0 aromatic heterocycles. The largest absolute Gasteiger partial charge is 0.496 e. The molecule has 0 aliphatic carbocycles. The molecule has 3 nitrogen and oxygen atoms in total. The van der Waals surface area contributed by atoms with Crippen LogP contribution in [0.1, 0.15) is 39.2 Å². The van der Waals surface area contributed by atoms with E-state index in [1.165, 1.54) is 0 Å². The van der Waals surface area contributed by atoms with Gasteiger partial charge in [0.1, 0.15) is 5.75 Å². The number of methoxy groups -OCH3 is 1. The minimum atomic E-state index is -0.194. The first kappa shape index (κ1) is 16.3. The third-order valence-corrected chi connectivity index (χ3v) is 6.43. The first-order valence-corrected chi connectivity index (χ1v) is 8.90. The summed E-state index contributed by atoms with van der Waals surface area (Å²) in [5, 5.41) is 0. The Morgan fingerprint density at radius 1 is 1.32 bits per heavy atom. The van der Waals surface area contributed by atoms with Crippen molar-refractivity contribution in [3.8, 4) is 5.75 Å². The van der Waals surface area contributed by atoms with Gasteiger partial charge in [-0.2, -0.15) is 0 Å². The summed E-state index contributed by atoms with van der Waals surface area (Å²) in [6.07, 6.45) is 2.09. The predicted octanol–water partition coefficient (Wildman–Crippen LogP) is 4.32. The zero-order chi connectivity index (χ0) is 16.0. The lowest BCUT2D eigenvalue weighted by Crippen LogP contribution is -2.44. The van der Waals surface area contributed by atoms with Gasteiger partial charge in [0.2, 0.25) is 0 Å². The second-order valence-corrected chi connectivity index (χ2v) is 8.12. The van der Waals surface area contributed by atoms with Crippen molar-refractivity contribution >= 4 is 15.9 Å². The summed E-state index contributed by atoms with van der Waals surface area (Å²) in [4.78, 5) is 0.413. The van der Waals surface area contributed by atoms with Gasteiger partial charge in [-0.25, -0.2) is 0 Å². The molecule has 0 saturated carbocycles. The molecule has 2 bridgehead atoms. The highest BCUT2D eigenvalue weighted by Crippen LogP contribution is 2.57. The normalized spacial score (nSPS) is 37.0. The van der Waals surface area contributed by atoms with Gasteiger partial charge in [0.05, 0.1) is 31.0 Å². The van der Waals surface area contributed by atoms with Crippen LogP contribution in [0.2, 0.25) is 0 Å². The fourth-order valence-corrected chi connectivity index (χ4v) is 5.36. The van der Waals surface area contributed by atoms with Crippen molar-refractivity contribution < 1.29 is 14.2 Å². The number of ether oxygens (including phenoxy) is 3. The average Bonchev–Trinajstić information content (AvgIpc) is 2.93. The first-order chi connectivity index (χ1) is 10.4. The van der Waals surface area contributed by atoms with Gasteiger partial charge in [0.15, 0.2) is 0 Å². The van der Waals surface area contributed by atoms with Gasteiger partial charge in [-0.15, -0.1) is 0 Å². The maximum Gasteiger partial charge on any atom is 0.124 e. The number of fused-ring (bicyclic) bond motifs is 2. The number of hydrogen-bond donors (Lipinski definition) is 0. The fraction of sp³-hybridized carbons (Fsp3) is 0.667. The monoisotopic (exact) mass is 368 g/mol. The van der Waals surface area contributed by atoms with Gasteiger partial charge in [0, 0.05) is 16.8 Å². The Bertz CT molecular complexity index is 547. The first-order valence-electron chi connectivity index (χ1n) is 7.99. The van der Waals surface area contributed by atoms with Crippen molar-refractivity contribution in [3.05, 3.63) is 29.8 Å². The summed E-state index contributed by atoms with van der Waals surface area (Å²) >= 11 is 3.83. The molecule has 1 aromatic rings. The van der Waals surface area contributed by atoms with Gasteiger partial charge in [-0.3, -0.25) is 0 Å². The van der Waals surface area contributed by atoms with E-state index in [4.69, 9.17) is 14.2 Å². The molecule has 4 unspecified atom stereocenters. The molecule has 0 amide bonds. The van der Waals surface area contributed by atoms with Crippen LogP contribution < -0.4 is 4.74 Å². The standard InChI is InChI=1S/C18H25BrO3/c1-12(2)18-10-16(17(3,22-18)9-15(18)19)21-11-13-7-5-6-8-14(13)20-4/h5-8,12,15-16H,9-11H2,1-4H3. The van der Waals surface area contributed by atoms with Crippen molar-refractivity contribution in [2.45, 2.75) is 62.4 Å². The predicted molar refractivity (Wildman–Crippen MR) is 90.6 cm³/mol. The molecule has 2 heterocycles. The van der Waals surface area contributed by atoms with Crippen molar-refractivity contribution in [2.75, 3.05) is 7.11 Å². The van der Waals surface area contributed by atoms with Crippen LogP contribution in [0.5, 0.6) is 5.75 Å². The molecule has 0 spiro atoms. The molecule has 22 heavy (non-hydrogen) atoms. The Morgan fingerprint density at radius 2 is 2.05 bits per heavy atom. The molecule has 3 rings (SSSR count). The number of benzene rings is 1. The Labute approximate surface area is 141 Å². The maximum atomic E-state index is 6.48. The minimum Gasteiger partial charge on any atom is -0.496 e. The third-order valence-electron chi connectivity index (χ3n) is 5.33. The zero-order valence-electron chi connectivity index (χ0n) is 13.8. The highest BCUT2D eigenvalue weighted by molar-refractivity contribution is 9.09. The Balaban J connectivity index is 1.72. The molecular formula is C18H25BrO3. The SMILES string of the molecule is COc1ccccc1COC1CC2(C(C)C)OC1(C)CC2Br. The molecule has 1 aromatic carbocycles. The van der Waals surface area contributed by atoms with Gasteiger partial charge < -0.3 is 14.2 Å². The van der Waals surface area contributed by atoms with Gasteiger partial charge >= 0.3 is 0 Å². The highest BCUT2D eigenvalue weighted by atomic mass is 79.9. The number of para-hydroxylation sites is 1. The van der Waals surface area contributed by atoms with E-state index >= 15 is 0 Å². The molecule has 2 aliphatic heterocycles. The molecule has 0 N–H and O–H groups in total. The molecular weight excluding hydrogens is 344 g/mol. The topological polar surface area (TPSA) is 27.7 Å². The molecule has 122 valence electrons. The second-order valence-electron chi connectivity index (χ2n) is 7.01. The number of alkyl halides is 1. The van der Waals surface area contributed by atoms with Crippen LogP contribution in [0.15, 0.2) is 24.3 Å². The van der Waals surface area contributed by atoms with E-state index < -0.39 is 0 Å². The van der Waals surface area contributed by atoms with E-state index in [2.05, 4.69) is 42.8 Å². The summed E-state index contributed by atoms with van der Waals surface area (Å²) in [7, 11) is 1.70. The van der Waals surface area contributed by atoms with E-state index in [9.17, 15) is 0 Å². The zero-order valence-corrected chi connectivity index (χ0v) is 15.4. The molecule has 4 heteroatoms. The number of hydrogen-bond acceptors (Lipinski definition) is 3. The minimum absolute atomic E-state index is 0.0970. The van der Waals surface area contributed by atoms with Crippen molar-refractivity contribution in [1.29, 1.82) is 0 Å². The second kappa shape index (κ2) is 5.81. The maximum absolute atomic E-state index is 6.48. The highest BCUT2D eigenvalue weighted by Gasteiger charge is 2.65. The number of rotatable bonds is 5. The lowest BCUT2D eigenvalue weighted by Gasteiger charge is -2.35. The Hall–Kier alpha value is -0.580. The van der Waals surface area contributed by atoms with Crippen molar-refractivity contribution in [3.63, 3.8) is 0 Å². The van der Waals surface area contributed by atoms with Crippen molar-refractivity contribution in [1.82, 2.24) is 0 Å². The van der Waals surface area contributed by atoms with Crippen LogP contribution in [-0.4, -0.2) is 29.2 Å². The van der Waals surface area contributed by atoms with E-state index in [0.29, 0.717) is 17.4 Å². The smallest absolute Gasteiger partial charge is 0.124 e. The van der Waals surface area contributed by atoms with Crippen molar-refractivity contribution in [2.24, 2.45) is 5.92 Å². The van der Waals surface area contributed by atoms with Crippen LogP contribution in [0.25, 0.3) is 0 Å². The molecule has 2 saturated heterocycles. The fourth-order valence-electron chi connectivity index (χ4n) is 3.90. The lowest BCUT2D eigenvalue weighted by atomic mass is 9.75. The van der Waals surface area contributed by atoms with E-state index in [1.807, 2.05) is 18.2 Å². The van der Waals surface area contributed by atoms with Crippen LogP contribution >= 0.6 is 15.9 Å².